The molecule has 2 nitrogen and oxygen atoms in total. The van der Waals surface area contributed by atoms with E-state index in [1.807, 2.05) is 26.0 Å². The Morgan fingerprint density at radius 1 is 1.29 bits per heavy atom. The molecular weight excluding hydrogens is 289 g/mol. The minimum absolute atomic E-state index is 0.0258. The summed E-state index contributed by atoms with van der Waals surface area (Å²) in [6.45, 7) is 3.93. The molecule has 0 bridgehead atoms. The Hall–Kier alpha value is -1.58. The topological polar surface area (TPSA) is 35.2 Å². The van der Waals surface area contributed by atoms with Gasteiger partial charge in [-0.3, -0.25) is 0 Å². The molecule has 0 saturated carbocycles. The minimum atomic E-state index is -0.409. The Kier molecular flexibility index (Phi) is 5.21. The average Bonchev–Trinajstić information content (AvgIpc) is 2.46. The van der Waals surface area contributed by atoms with Gasteiger partial charge < -0.3 is 10.5 Å². The van der Waals surface area contributed by atoms with Crippen LogP contribution in [-0.4, -0.2) is 6.04 Å². The number of hydrogen-bond donors (Lipinski definition) is 1. The lowest BCUT2D eigenvalue weighted by molar-refractivity contribution is 0.433. The largest absolute Gasteiger partial charge is 0.452 e. The summed E-state index contributed by atoms with van der Waals surface area (Å²) in [5, 5.41) is 0.453. The summed E-state index contributed by atoms with van der Waals surface area (Å²) in [6, 6.07) is 10.3. The number of nitrogens with two attached hydrogens (primary N) is 1. The predicted octanol–water partition coefficient (Wildman–Crippen LogP) is 4.86. The van der Waals surface area contributed by atoms with E-state index in [1.54, 1.807) is 18.2 Å². The quantitative estimate of drug-likeness (QED) is 0.856. The molecular formula is C17H19ClFNO. The lowest BCUT2D eigenvalue weighted by Gasteiger charge is -2.15. The average molecular weight is 308 g/mol. The van der Waals surface area contributed by atoms with Crippen LogP contribution < -0.4 is 10.5 Å². The molecule has 112 valence electrons. The summed E-state index contributed by atoms with van der Waals surface area (Å²) in [7, 11) is 0. The minimum Gasteiger partial charge on any atom is -0.452 e. The van der Waals surface area contributed by atoms with Gasteiger partial charge in [0.2, 0.25) is 0 Å². The lowest BCUT2D eigenvalue weighted by Crippen LogP contribution is -2.21. The van der Waals surface area contributed by atoms with Crippen molar-refractivity contribution in [3.05, 3.63) is 58.4 Å². The molecule has 2 rings (SSSR count). The van der Waals surface area contributed by atoms with Crippen molar-refractivity contribution in [1.29, 1.82) is 0 Å². The van der Waals surface area contributed by atoms with E-state index in [-0.39, 0.29) is 11.8 Å². The van der Waals surface area contributed by atoms with E-state index in [0.29, 0.717) is 17.2 Å². The highest BCUT2D eigenvalue weighted by Gasteiger charge is 2.14. The van der Waals surface area contributed by atoms with E-state index in [1.165, 1.54) is 6.07 Å². The van der Waals surface area contributed by atoms with E-state index >= 15 is 0 Å². The summed E-state index contributed by atoms with van der Waals surface area (Å²) in [6.07, 6.45) is 1.38. The van der Waals surface area contributed by atoms with Crippen LogP contribution >= 0.6 is 11.6 Å². The van der Waals surface area contributed by atoms with Gasteiger partial charge in [0.25, 0.3) is 0 Å². The Bertz CT molecular complexity index is 630. The fourth-order valence-electron chi connectivity index (χ4n) is 2.05. The molecule has 0 radical (unpaired) electrons. The van der Waals surface area contributed by atoms with Crippen LogP contribution in [0, 0.1) is 12.7 Å². The third-order valence-corrected chi connectivity index (χ3v) is 3.67. The molecule has 0 aromatic heterocycles. The number of benzene rings is 2. The van der Waals surface area contributed by atoms with Crippen molar-refractivity contribution in [2.75, 3.05) is 0 Å². The van der Waals surface area contributed by atoms with E-state index in [9.17, 15) is 4.39 Å². The van der Waals surface area contributed by atoms with Crippen LogP contribution in [0.25, 0.3) is 0 Å². The first-order valence-electron chi connectivity index (χ1n) is 6.98. The van der Waals surface area contributed by atoms with Gasteiger partial charge in [-0.1, -0.05) is 36.7 Å². The second-order valence-corrected chi connectivity index (χ2v) is 5.54. The maximum absolute atomic E-state index is 14.1. The van der Waals surface area contributed by atoms with Gasteiger partial charge in [-0.05, 0) is 49.1 Å². The number of para-hydroxylation sites is 1. The van der Waals surface area contributed by atoms with Crippen molar-refractivity contribution >= 4 is 11.6 Å². The molecule has 1 unspecified atom stereocenters. The third kappa shape index (κ3) is 3.96. The molecule has 2 N–H and O–H groups in total. The van der Waals surface area contributed by atoms with Crippen LogP contribution in [0.15, 0.2) is 36.4 Å². The van der Waals surface area contributed by atoms with Crippen LogP contribution in [0.2, 0.25) is 5.02 Å². The van der Waals surface area contributed by atoms with Crippen LogP contribution in [0.1, 0.15) is 24.5 Å². The summed E-state index contributed by atoms with van der Waals surface area (Å²) in [4.78, 5) is 0. The molecule has 21 heavy (non-hydrogen) atoms. The normalized spacial score (nSPS) is 12.2. The predicted molar refractivity (Wildman–Crippen MR) is 84.6 cm³/mol. The highest BCUT2D eigenvalue weighted by molar-refractivity contribution is 6.32. The molecule has 0 saturated heterocycles. The van der Waals surface area contributed by atoms with Gasteiger partial charge in [0.1, 0.15) is 5.75 Å². The second-order valence-electron chi connectivity index (χ2n) is 5.14. The summed E-state index contributed by atoms with van der Waals surface area (Å²) < 4.78 is 19.8. The monoisotopic (exact) mass is 307 g/mol. The first kappa shape index (κ1) is 15.8. The second kappa shape index (κ2) is 6.92. The summed E-state index contributed by atoms with van der Waals surface area (Å²) in [5.74, 6) is 0.246. The smallest absolute Gasteiger partial charge is 0.166 e. The molecule has 0 aliphatic rings. The van der Waals surface area contributed by atoms with E-state index < -0.39 is 5.82 Å². The summed E-state index contributed by atoms with van der Waals surface area (Å²) in [5.41, 5.74) is 7.72. The molecule has 2 aromatic carbocycles. The van der Waals surface area contributed by atoms with Crippen molar-refractivity contribution in [3.8, 4) is 11.5 Å². The molecule has 0 amide bonds. The Labute approximate surface area is 129 Å². The van der Waals surface area contributed by atoms with Crippen LogP contribution in [0.5, 0.6) is 11.5 Å². The standard InChI is InChI=1S/C17H19ClFNO/c1-3-13(20)10-12-5-4-6-15(19)17(12)21-16-9-11(2)7-8-14(16)18/h4-9,13H,3,10,20H2,1-2H3. The molecule has 0 aliphatic heterocycles. The molecule has 0 spiro atoms. The van der Waals surface area contributed by atoms with Crippen molar-refractivity contribution in [3.63, 3.8) is 0 Å². The third-order valence-electron chi connectivity index (χ3n) is 3.35. The van der Waals surface area contributed by atoms with Crippen LogP contribution in [0.3, 0.4) is 0 Å². The number of halogens is 2. The van der Waals surface area contributed by atoms with E-state index in [4.69, 9.17) is 22.1 Å². The van der Waals surface area contributed by atoms with Crippen molar-refractivity contribution in [2.45, 2.75) is 32.7 Å². The first-order chi connectivity index (χ1) is 10.0. The van der Waals surface area contributed by atoms with Gasteiger partial charge in [-0.15, -0.1) is 0 Å². The van der Waals surface area contributed by atoms with Crippen molar-refractivity contribution in [2.24, 2.45) is 5.73 Å². The van der Waals surface area contributed by atoms with Gasteiger partial charge in [0, 0.05) is 6.04 Å². The fourth-order valence-corrected chi connectivity index (χ4v) is 2.21. The molecule has 0 aliphatic carbocycles. The first-order valence-corrected chi connectivity index (χ1v) is 7.36. The van der Waals surface area contributed by atoms with Crippen molar-refractivity contribution in [1.82, 2.24) is 0 Å². The van der Waals surface area contributed by atoms with E-state index in [0.717, 1.165) is 17.5 Å². The SMILES string of the molecule is CCC(N)Cc1cccc(F)c1Oc1cc(C)ccc1Cl. The van der Waals surface area contributed by atoms with Gasteiger partial charge in [0.15, 0.2) is 11.6 Å². The van der Waals surface area contributed by atoms with Crippen LogP contribution in [-0.2, 0) is 6.42 Å². The number of ether oxygens (including phenoxy) is 1. The number of hydrogen-bond acceptors (Lipinski definition) is 2. The van der Waals surface area contributed by atoms with E-state index in [2.05, 4.69) is 0 Å². The number of aryl methyl sites for hydroxylation is 1. The van der Waals surface area contributed by atoms with Gasteiger partial charge in [0.05, 0.1) is 5.02 Å². The lowest BCUT2D eigenvalue weighted by atomic mass is 10.0. The molecule has 2 aromatic rings. The Morgan fingerprint density at radius 2 is 2.05 bits per heavy atom. The zero-order chi connectivity index (χ0) is 15.4. The molecule has 4 heteroatoms. The Morgan fingerprint density at radius 3 is 2.76 bits per heavy atom. The van der Waals surface area contributed by atoms with Gasteiger partial charge in [-0.25, -0.2) is 4.39 Å². The Balaban J connectivity index is 2.36. The molecule has 1 atom stereocenters. The maximum atomic E-state index is 14.1. The molecule has 0 fully saturated rings. The highest BCUT2D eigenvalue weighted by Crippen LogP contribution is 2.34. The van der Waals surface area contributed by atoms with Crippen molar-refractivity contribution < 1.29 is 9.13 Å². The fraction of sp³-hybridized carbons (Fsp3) is 0.294. The van der Waals surface area contributed by atoms with Gasteiger partial charge >= 0.3 is 0 Å². The zero-order valence-electron chi connectivity index (χ0n) is 12.2. The summed E-state index contributed by atoms with van der Waals surface area (Å²) >= 11 is 6.11. The maximum Gasteiger partial charge on any atom is 0.166 e. The zero-order valence-corrected chi connectivity index (χ0v) is 13.0. The molecule has 0 heterocycles. The van der Waals surface area contributed by atoms with Crippen LogP contribution in [0.4, 0.5) is 4.39 Å². The number of rotatable bonds is 5. The highest BCUT2D eigenvalue weighted by atomic mass is 35.5. The van der Waals surface area contributed by atoms with Gasteiger partial charge in [-0.2, -0.15) is 0 Å².